The van der Waals surface area contributed by atoms with Crippen molar-refractivity contribution in [2.45, 2.75) is 5.75 Å². The normalized spacial score (nSPS) is 11.1. The van der Waals surface area contributed by atoms with Gasteiger partial charge < -0.3 is 9.84 Å². The van der Waals surface area contributed by atoms with E-state index < -0.39 is 21.6 Å². The lowest BCUT2D eigenvalue weighted by molar-refractivity contribution is -0.134. The summed E-state index contributed by atoms with van der Waals surface area (Å²) in [6, 6.07) is 6.53. The molecule has 1 rings (SSSR count). The molecule has 1 aromatic carbocycles. The molecular weight excluding hydrogens is 232 g/mol. The summed E-state index contributed by atoms with van der Waals surface area (Å²) in [4.78, 5) is 10.3. The molecule has 0 aliphatic rings. The van der Waals surface area contributed by atoms with Gasteiger partial charge in [0.25, 0.3) is 0 Å². The minimum Gasteiger partial charge on any atom is -0.497 e. The van der Waals surface area contributed by atoms with Gasteiger partial charge in [-0.2, -0.15) is 0 Å². The molecule has 1 aromatic rings. The number of benzene rings is 1. The van der Waals surface area contributed by atoms with Crippen LogP contribution in [0.3, 0.4) is 0 Å². The number of rotatable bonds is 5. The fourth-order valence-corrected chi connectivity index (χ4v) is 2.42. The van der Waals surface area contributed by atoms with Crippen molar-refractivity contribution >= 4 is 15.8 Å². The van der Waals surface area contributed by atoms with Crippen molar-refractivity contribution in [3.63, 3.8) is 0 Å². The highest BCUT2D eigenvalue weighted by Gasteiger charge is 2.16. The average molecular weight is 244 g/mol. The van der Waals surface area contributed by atoms with Gasteiger partial charge in [-0.25, -0.2) is 8.42 Å². The number of hydrogen-bond donors (Lipinski definition) is 1. The summed E-state index contributed by atoms with van der Waals surface area (Å²) in [6.45, 7) is 0. The lowest BCUT2D eigenvalue weighted by atomic mass is 10.2. The van der Waals surface area contributed by atoms with Crippen LogP contribution in [-0.4, -0.2) is 32.4 Å². The molecule has 0 aromatic heterocycles. The molecule has 16 heavy (non-hydrogen) atoms. The highest BCUT2D eigenvalue weighted by Crippen LogP contribution is 2.15. The molecule has 0 unspecified atom stereocenters. The maximum absolute atomic E-state index is 11.4. The maximum Gasteiger partial charge on any atom is 0.318 e. The molecule has 88 valence electrons. The summed E-state index contributed by atoms with van der Waals surface area (Å²) in [5.41, 5.74) is 0.514. The molecule has 6 heteroatoms. The fraction of sp³-hybridized carbons (Fsp3) is 0.300. The highest BCUT2D eigenvalue weighted by atomic mass is 32.2. The Kier molecular flexibility index (Phi) is 3.89. The molecule has 0 aliphatic carbocycles. The first-order chi connectivity index (χ1) is 7.43. The van der Waals surface area contributed by atoms with E-state index >= 15 is 0 Å². The van der Waals surface area contributed by atoms with Crippen LogP contribution in [0.1, 0.15) is 5.56 Å². The zero-order chi connectivity index (χ0) is 12.2. The molecule has 0 amide bonds. The van der Waals surface area contributed by atoms with E-state index in [2.05, 4.69) is 0 Å². The van der Waals surface area contributed by atoms with Gasteiger partial charge in [0.05, 0.1) is 12.9 Å². The maximum atomic E-state index is 11.4. The Labute approximate surface area is 93.6 Å². The van der Waals surface area contributed by atoms with Crippen molar-refractivity contribution < 1.29 is 23.1 Å². The van der Waals surface area contributed by atoms with E-state index in [0.29, 0.717) is 11.3 Å². The number of hydrogen-bond acceptors (Lipinski definition) is 4. The SMILES string of the molecule is COc1cccc(CS(=O)(=O)CC(=O)O)c1. The molecule has 5 nitrogen and oxygen atoms in total. The predicted octanol–water partition coefficient (Wildman–Crippen LogP) is 0.695. The van der Waals surface area contributed by atoms with E-state index in [0.717, 1.165) is 0 Å². The van der Waals surface area contributed by atoms with Crippen molar-refractivity contribution in [1.29, 1.82) is 0 Å². The van der Waals surface area contributed by atoms with Gasteiger partial charge >= 0.3 is 5.97 Å². The summed E-state index contributed by atoms with van der Waals surface area (Å²) in [7, 11) is -2.14. The molecule has 0 spiro atoms. The van der Waals surface area contributed by atoms with E-state index in [4.69, 9.17) is 9.84 Å². The van der Waals surface area contributed by atoms with Crippen LogP contribution in [0.15, 0.2) is 24.3 Å². The summed E-state index contributed by atoms with van der Waals surface area (Å²) < 4.78 is 27.7. The Morgan fingerprint density at radius 3 is 2.69 bits per heavy atom. The van der Waals surface area contributed by atoms with Crippen molar-refractivity contribution in [3.05, 3.63) is 29.8 Å². The highest BCUT2D eigenvalue weighted by molar-refractivity contribution is 7.91. The molecule has 0 heterocycles. The Morgan fingerprint density at radius 2 is 2.12 bits per heavy atom. The van der Waals surface area contributed by atoms with Crippen LogP contribution < -0.4 is 4.74 Å². The van der Waals surface area contributed by atoms with Crippen LogP contribution >= 0.6 is 0 Å². The topological polar surface area (TPSA) is 80.7 Å². The molecule has 0 fully saturated rings. The Hall–Kier alpha value is -1.56. The average Bonchev–Trinajstić information content (AvgIpc) is 2.15. The standard InChI is InChI=1S/C10H12O5S/c1-15-9-4-2-3-8(5-9)6-16(13,14)7-10(11)12/h2-5H,6-7H2,1H3,(H,11,12). The van der Waals surface area contributed by atoms with Crippen LogP contribution in [0.5, 0.6) is 5.75 Å². The number of carbonyl (C=O) groups is 1. The van der Waals surface area contributed by atoms with Gasteiger partial charge in [-0.15, -0.1) is 0 Å². The molecule has 0 aliphatic heterocycles. The first-order valence-corrected chi connectivity index (χ1v) is 6.30. The minimum atomic E-state index is -3.61. The third kappa shape index (κ3) is 3.90. The largest absolute Gasteiger partial charge is 0.497 e. The Balaban J connectivity index is 2.83. The quantitative estimate of drug-likeness (QED) is 0.824. The van der Waals surface area contributed by atoms with Gasteiger partial charge in [0.15, 0.2) is 9.84 Å². The first kappa shape index (κ1) is 12.5. The van der Waals surface area contributed by atoms with Crippen molar-refractivity contribution in [3.8, 4) is 5.75 Å². The molecule has 0 bridgehead atoms. The van der Waals surface area contributed by atoms with Crippen molar-refractivity contribution in [2.24, 2.45) is 0 Å². The van der Waals surface area contributed by atoms with E-state index in [1.165, 1.54) is 7.11 Å². The zero-order valence-corrected chi connectivity index (χ0v) is 9.53. The van der Waals surface area contributed by atoms with Crippen LogP contribution in [0.2, 0.25) is 0 Å². The Morgan fingerprint density at radius 1 is 1.44 bits per heavy atom. The van der Waals surface area contributed by atoms with Crippen LogP contribution in [0.4, 0.5) is 0 Å². The van der Waals surface area contributed by atoms with Gasteiger partial charge in [0.1, 0.15) is 11.5 Å². The molecular formula is C10H12O5S. The molecule has 1 N–H and O–H groups in total. The summed E-state index contributed by atoms with van der Waals surface area (Å²) in [5.74, 6) is -1.95. The van der Waals surface area contributed by atoms with Crippen LogP contribution in [0.25, 0.3) is 0 Å². The van der Waals surface area contributed by atoms with Gasteiger partial charge in [-0.05, 0) is 17.7 Å². The monoisotopic (exact) mass is 244 g/mol. The number of sulfone groups is 1. The summed E-state index contributed by atoms with van der Waals surface area (Å²) >= 11 is 0. The Bertz CT molecular complexity index is 478. The number of aliphatic carboxylic acids is 1. The number of ether oxygens (including phenoxy) is 1. The first-order valence-electron chi connectivity index (χ1n) is 4.48. The van der Waals surface area contributed by atoms with Crippen molar-refractivity contribution in [2.75, 3.05) is 12.9 Å². The molecule has 0 saturated carbocycles. The van der Waals surface area contributed by atoms with E-state index in [1.807, 2.05) is 0 Å². The van der Waals surface area contributed by atoms with Gasteiger partial charge in [-0.3, -0.25) is 4.79 Å². The van der Waals surface area contributed by atoms with Crippen LogP contribution in [0, 0.1) is 0 Å². The smallest absolute Gasteiger partial charge is 0.318 e. The van der Waals surface area contributed by atoms with Gasteiger partial charge in [0, 0.05) is 0 Å². The predicted molar refractivity (Wildman–Crippen MR) is 58.1 cm³/mol. The van der Waals surface area contributed by atoms with E-state index in [9.17, 15) is 13.2 Å². The summed E-state index contributed by atoms with van der Waals surface area (Å²) in [6.07, 6.45) is 0. The summed E-state index contributed by atoms with van der Waals surface area (Å²) in [5, 5.41) is 8.42. The number of carboxylic acids is 1. The molecule has 0 saturated heterocycles. The zero-order valence-electron chi connectivity index (χ0n) is 8.71. The second kappa shape index (κ2) is 4.98. The molecule has 0 atom stereocenters. The van der Waals surface area contributed by atoms with E-state index in [-0.39, 0.29) is 5.75 Å². The second-order valence-electron chi connectivity index (χ2n) is 3.28. The number of carboxylic acid groups (broad SMARTS) is 1. The molecule has 0 radical (unpaired) electrons. The second-order valence-corrected chi connectivity index (χ2v) is 5.34. The van der Waals surface area contributed by atoms with Crippen LogP contribution in [-0.2, 0) is 20.4 Å². The lowest BCUT2D eigenvalue weighted by Gasteiger charge is -2.04. The fourth-order valence-electron chi connectivity index (χ4n) is 1.26. The van der Waals surface area contributed by atoms with Gasteiger partial charge in [0.2, 0.25) is 0 Å². The van der Waals surface area contributed by atoms with E-state index in [1.54, 1.807) is 24.3 Å². The third-order valence-corrected chi connectivity index (χ3v) is 3.32. The third-order valence-electron chi connectivity index (χ3n) is 1.86. The van der Waals surface area contributed by atoms with Crippen molar-refractivity contribution in [1.82, 2.24) is 0 Å². The van der Waals surface area contributed by atoms with Gasteiger partial charge in [-0.1, -0.05) is 12.1 Å². The number of methoxy groups -OCH3 is 1. The lowest BCUT2D eigenvalue weighted by Crippen LogP contribution is -2.16. The minimum absolute atomic E-state index is 0.295.